The lowest BCUT2D eigenvalue weighted by atomic mass is 9.70. The van der Waals surface area contributed by atoms with Crippen LogP contribution >= 0.6 is 31.9 Å². The van der Waals surface area contributed by atoms with Gasteiger partial charge >= 0.3 is 0 Å². The van der Waals surface area contributed by atoms with Crippen molar-refractivity contribution in [2.75, 3.05) is 5.33 Å². The molecule has 0 aliphatic heterocycles. The fraction of sp³-hybridized carbons (Fsp3) is 0.545. The van der Waals surface area contributed by atoms with Gasteiger partial charge in [0.05, 0.1) is 15.6 Å². The third-order valence-electron chi connectivity index (χ3n) is 3.44. The molecule has 0 aromatic carbocycles. The van der Waals surface area contributed by atoms with Gasteiger partial charge in [-0.15, -0.1) is 0 Å². The smallest absolute Gasteiger partial charge is 0.286 e. The Bertz CT molecular complexity index is 532. The van der Waals surface area contributed by atoms with Crippen LogP contribution in [0.15, 0.2) is 21.5 Å². The molecule has 1 aromatic rings. The lowest BCUT2D eigenvalue weighted by Crippen LogP contribution is -2.39. The van der Waals surface area contributed by atoms with Crippen LogP contribution in [0.25, 0.3) is 0 Å². The second-order valence-corrected chi connectivity index (χ2v) is 6.14. The second kappa shape index (κ2) is 5.13. The summed E-state index contributed by atoms with van der Waals surface area (Å²) in [6, 6.07) is 1.25. The minimum Gasteiger partial charge on any atom is -0.307 e. The number of hydrogen-bond donors (Lipinski definition) is 0. The number of halogens is 2. The zero-order chi connectivity index (χ0) is 13.3. The molecule has 1 aliphatic carbocycles. The summed E-state index contributed by atoms with van der Waals surface area (Å²) in [6.45, 7) is 0.525. The highest BCUT2D eigenvalue weighted by molar-refractivity contribution is 9.10. The van der Waals surface area contributed by atoms with Crippen molar-refractivity contribution in [3.63, 3.8) is 0 Å². The molecule has 1 aromatic heterocycles. The van der Waals surface area contributed by atoms with Crippen LogP contribution in [0.4, 0.5) is 5.69 Å². The lowest BCUT2D eigenvalue weighted by Gasteiger charge is -2.40. The maximum Gasteiger partial charge on any atom is 0.286 e. The molecule has 18 heavy (non-hydrogen) atoms. The van der Waals surface area contributed by atoms with Gasteiger partial charge in [0.2, 0.25) is 0 Å². The van der Waals surface area contributed by atoms with E-state index >= 15 is 0 Å². The summed E-state index contributed by atoms with van der Waals surface area (Å²) in [5.74, 6) is 0. The fourth-order valence-electron chi connectivity index (χ4n) is 2.17. The monoisotopic (exact) mass is 378 g/mol. The summed E-state index contributed by atoms with van der Waals surface area (Å²) in [5.41, 5.74) is -0.211. The SMILES string of the molecule is O=c1c(Br)cc([N+](=O)[O-])cn1CC1(CBr)CCC1. The molecule has 0 unspecified atom stereocenters. The van der Waals surface area contributed by atoms with Gasteiger partial charge in [-0.05, 0) is 34.2 Å². The quantitative estimate of drug-likeness (QED) is 0.458. The largest absolute Gasteiger partial charge is 0.307 e. The molecule has 0 atom stereocenters. The van der Waals surface area contributed by atoms with E-state index in [1.165, 1.54) is 16.8 Å². The van der Waals surface area contributed by atoms with Crippen molar-refractivity contribution in [1.29, 1.82) is 0 Å². The Kier molecular flexibility index (Phi) is 3.91. The van der Waals surface area contributed by atoms with Gasteiger partial charge in [0.1, 0.15) is 0 Å². The Morgan fingerprint density at radius 1 is 1.50 bits per heavy atom. The molecule has 0 N–H and O–H groups in total. The standard InChI is InChI=1S/C11H12Br2N2O3/c12-6-11(2-1-3-11)7-14-5-8(15(17)18)4-9(13)10(14)16/h4-5H,1-3,6-7H2. The van der Waals surface area contributed by atoms with E-state index in [0.717, 1.165) is 24.6 Å². The number of aromatic nitrogens is 1. The Hall–Kier alpha value is -0.690. The molecule has 1 fully saturated rings. The molecule has 7 heteroatoms. The first-order valence-corrected chi connectivity index (χ1v) is 7.49. The Morgan fingerprint density at radius 3 is 2.61 bits per heavy atom. The van der Waals surface area contributed by atoms with Crippen LogP contribution in [-0.2, 0) is 6.54 Å². The van der Waals surface area contributed by atoms with E-state index in [2.05, 4.69) is 31.9 Å². The molecular weight excluding hydrogens is 368 g/mol. The highest BCUT2D eigenvalue weighted by atomic mass is 79.9. The summed E-state index contributed by atoms with van der Waals surface area (Å²) >= 11 is 6.56. The average Bonchev–Trinajstić information content (AvgIpc) is 2.28. The molecule has 0 saturated heterocycles. The summed E-state index contributed by atoms with van der Waals surface area (Å²) < 4.78 is 1.68. The topological polar surface area (TPSA) is 65.1 Å². The molecule has 5 nitrogen and oxygen atoms in total. The Labute approximate surface area is 121 Å². The number of nitrogens with zero attached hydrogens (tertiary/aromatic N) is 2. The minimum absolute atomic E-state index is 0.0643. The van der Waals surface area contributed by atoms with Gasteiger partial charge in [0.15, 0.2) is 0 Å². The summed E-state index contributed by atoms with van der Waals surface area (Å²) in [7, 11) is 0. The van der Waals surface area contributed by atoms with E-state index in [1.807, 2.05) is 0 Å². The van der Waals surface area contributed by atoms with E-state index in [0.29, 0.717) is 6.54 Å². The third kappa shape index (κ3) is 2.51. The number of rotatable bonds is 4. The van der Waals surface area contributed by atoms with Gasteiger partial charge in [-0.25, -0.2) is 0 Å². The van der Waals surface area contributed by atoms with E-state index in [4.69, 9.17) is 0 Å². The highest BCUT2D eigenvalue weighted by Gasteiger charge is 2.36. The first kappa shape index (κ1) is 13.7. The van der Waals surface area contributed by atoms with E-state index in [9.17, 15) is 14.9 Å². The van der Waals surface area contributed by atoms with Crippen LogP contribution in [-0.4, -0.2) is 14.8 Å². The van der Waals surface area contributed by atoms with E-state index < -0.39 is 4.92 Å². The molecule has 0 spiro atoms. The first-order chi connectivity index (χ1) is 8.47. The van der Waals surface area contributed by atoms with Crippen LogP contribution in [0.2, 0.25) is 0 Å². The number of pyridine rings is 1. The zero-order valence-electron chi connectivity index (χ0n) is 9.57. The van der Waals surface area contributed by atoms with Gasteiger partial charge < -0.3 is 4.57 Å². The lowest BCUT2D eigenvalue weighted by molar-refractivity contribution is -0.385. The second-order valence-electron chi connectivity index (χ2n) is 4.72. The van der Waals surface area contributed by atoms with Crippen LogP contribution in [0.3, 0.4) is 0 Å². The number of hydrogen-bond acceptors (Lipinski definition) is 3. The minimum atomic E-state index is -0.484. The van der Waals surface area contributed by atoms with Gasteiger partial charge in [-0.2, -0.15) is 0 Å². The van der Waals surface area contributed by atoms with Crippen molar-refractivity contribution in [3.05, 3.63) is 37.2 Å². The van der Waals surface area contributed by atoms with Gasteiger partial charge in [0, 0.05) is 17.9 Å². The molecule has 1 heterocycles. The molecule has 1 aliphatic rings. The zero-order valence-corrected chi connectivity index (χ0v) is 12.7. The maximum absolute atomic E-state index is 12.0. The predicted octanol–water partition coefficient (Wildman–Crippen LogP) is 3.08. The molecule has 0 bridgehead atoms. The summed E-state index contributed by atoms with van der Waals surface area (Å²) in [6.07, 6.45) is 4.57. The maximum atomic E-state index is 12.0. The van der Waals surface area contributed by atoms with Crippen molar-refractivity contribution in [1.82, 2.24) is 4.57 Å². The Morgan fingerprint density at radius 2 is 2.17 bits per heavy atom. The third-order valence-corrected chi connectivity index (χ3v) is 5.20. The molecule has 0 amide bonds. The van der Waals surface area contributed by atoms with Gasteiger partial charge in [-0.3, -0.25) is 14.9 Å². The molecule has 98 valence electrons. The molecule has 2 rings (SSSR count). The fourth-order valence-corrected chi connectivity index (χ4v) is 3.37. The normalized spacial score (nSPS) is 17.2. The van der Waals surface area contributed by atoms with Crippen molar-refractivity contribution in [3.8, 4) is 0 Å². The first-order valence-electron chi connectivity index (χ1n) is 5.58. The van der Waals surface area contributed by atoms with Crippen molar-refractivity contribution in [2.24, 2.45) is 5.41 Å². The van der Waals surface area contributed by atoms with Crippen molar-refractivity contribution >= 4 is 37.5 Å². The molecule has 0 radical (unpaired) electrons. The molecule has 1 saturated carbocycles. The van der Waals surface area contributed by atoms with Crippen LogP contribution < -0.4 is 5.56 Å². The van der Waals surface area contributed by atoms with Crippen LogP contribution in [0, 0.1) is 15.5 Å². The van der Waals surface area contributed by atoms with E-state index in [-0.39, 0.29) is 21.1 Å². The van der Waals surface area contributed by atoms with Crippen LogP contribution in [0.5, 0.6) is 0 Å². The average molecular weight is 380 g/mol. The Balaban J connectivity index is 2.37. The number of alkyl halides is 1. The summed E-state index contributed by atoms with van der Waals surface area (Å²) in [4.78, 5) is 22.3. The van der Waals surface area contributed by atoms with Gasteiger partial charge in [-0.1, -0.05) is 22.4 Å². The predicted molar refractivity (Wildman–Crippen MR) is 75.1 cm³/mol. The van der Waals surface area contributed by atoms with Crippen molar-refractivity contribution in [2.45, 2.75) is 25.8 Å². The summed E-state index contributed by atoms with van der Waals surface area (Å²) in [5, 5.41) is 11.6. The molecular formula is C11H12Br2N2O3. The van der Waals surface area contributed by atoms with Crippen molar-refractivity contribution < 1.29 is 4.92 Å². The number of nitro groups is 1. The van der Waals surface area contributed by atoms with Crippen LogP contribution in [0.1, 0.15) is 19.3 Å². The van der Waals surface area contributed by atoms with Gasteiger partial charge in [0.25, 0.3) is 11.2 Å². The van der Waals surface area contributed by atoms with E-state index in [1.54, 1.807) is 0 Å². The highest BCUT2D eigenvalue weighted by Crippen LogP contribution is 2.43.